The highest BCUT2D eigenvalue weighted by Gasteiger charge is 2.40. The molecule has 526 valence electrons. The fourth-order valence-electron chi connectivity index (χ4n) is 7.07. The topological polar surface area (TPSA) is 475 Å². The second-order valence-electron chi connectivity index (χ2n) is 19.3. The highest BCUT2D eigenvalue weighted by atomic mass is 35.5. The number of alkyl halides is 4. The van der Waals surface area contributed by atoms with Crippen LogP contribution in [0.1, 0.15) is 60.2 Å². The van der Waals surface area contributed by atoms with E-state index in [2.05, 4.69) is 58.5 Å². The first-order chi connectivity index (χ1) is 44.7. The van der Waals surface area contributed by atoms with Crippen molar-refractivity contribution in [3.8, 4) is 29.3 Å². The summed E-state index contributed by atoms with van der Waals surface area (Å²) in [6.45, 7) is -4.02. The number of rotatable bonds is 21. The van der Waals surface area contributed by atoms with E-state index in [-0.39, 0.29) is 51.6 Å². The zero-order valence-electron chi connectivity index (χ0n) is 51.5. The molecule has 2 aromatic carbocycles. The molecule has 96 heavy (non-hydrogen) atoms. The summed E-state index contributed by atoms with van der Waals surface area (Å²) in [4.78, 5) is 119. The molecule has 44 heteroatoms. The van der Waals surface area contributed by atoms with E-state index < -0.39 is 135 Å². The van der Waals surface area contributed by atoms with Crippen molar-refractivity contribution in [2.75, 3.05) is 75.4 Å². The average Bonchev–Trinajstić information content (AvgIpc) is 1.54. The van der Waals surface area contributed by atoms with Gasteiger partial charge in [-0.1, -0.05) is 23.7 Å². The summed E-state index contributed by atoms with van der Waals surface area (Å²) < 4.78 is 155. The Hall–Kier alpha value is -9.32. The van der Waals surface area contributed by atoms with Crippen molar-refractivity contribution in [3.63, 3.8) is 0 Å². The molecule has 7 rings (SSSR count). The first-order valence-electron chi connectivity index (χ1n) is 26.4. The number of benzene rings is 2. The maximum atomic E-state index is 14.3. The number of hydrogen-bond donors (Lipinski definition) is 8. The van der Waals surface area contributed by atoms with Gasteiger partial charge in [0.05, 0.1) is 85.9 Å². The van der Waals surface area contributed by atoms with Gasteiger partial charge in [-0.2, -0.15) is 45.9 Å². The van der Waals surface area contributed by atoms with Gasteiger partial charge in [-0.15, -0.1) is 0 Å². The van der Waals surface area contributed by atoms with E-state index in [0.717, 1.165) is 43.9 Å². The van der Waals surface area contributed by atoms with Crippen LogP contribution in [0.3, 0.4) is 0 Å². The number of aromatic carboxylic acids is 1. The monoisotopic (exact) mass is 1460 g/mol. The zero-order chi connectivity index (χ0) is 72.6. The second-order valence-corrected chi connectivity index (χ2v) is 27.0. The van der Waals surface area contributed by atoms with Gasteiger partial charge in [0.15, 0.2) is 10.8 Å². The van der Waals surface area contributed by atoms with Crippen LogP contribution in [0.5, 0.6) is 29.3 Å². The van der Waals surface area contributed by atoms with Gasteiger partial charge in [0.25, 0.3) is 26.0 Å². The molecule has 4 heterocycles. The summed E-state index contributed by atoms with van der Waals surface area (Å²) in [5, 5.41) is 22.4. The van der Waals surface area contributed by atoms with Crippen LogP contribution in [-0.2, 0) is 49.8 Å². The minimum Gasteiger partial charge on any atom is -0.778 e. The van der Waals surface area contributed by atoms with Crippen LogP contribution in [0.2, 0.25) is 5.02 Å². The average molecular weight is 1460 g/mol. The van der Waals surface area contributed by atoms with E-state index in [4.69, 9.17) is 45.7 Å². The zero-order valence-corrected chi connectivity index (χ0v) is 55.6. The molecule has 1 aliphatic heterocycles. The van der Waals surface area contributed by atoms with Crippen molar-refractivity contribution in [1.29, 1.82) is 0 Å². The molecule has 34 nitrogen and oxygen atoms in total. The van der Waals surface area contributed by atoms with Crippen molar-refractivity contribution >= 4 is 110 Å². The number of sulfonamides is 2. The predicted octanol–water partition coefficient (Wildman–Crippen LogP) is 5.22. The van der Waals surface area contributed by atoms with Crippen molar-refractivity contribution < 1.29 is 125 Å². The Morgan fingerprint density at radius 2 is 1.29 bits per heavy atom. The van der Waals surface area contributed by atoms with Crippen molar-refractivity contribution in [3.05, 3.63) is 100 Å². The number of carboxylic acid groups (broad SMARTS) is 2. The van der Waals surface area contributed by atoms with Crippen LogP contribution >= 0.6 is 19.2 Å². The predicted molar refractivity (Wildman–Crippen MR) is 327 cm³/mol. The highest BCUT2D eigenvalue weighted by Crippen LogP contribution is 2.38. The number of aliphatic carboxylic acids is 1. The normalized spacial score (nSPS) is 13.3. The molecule has 1 saturated heterocycles. The van der Waals surface area contributed by atoms with E-state index >= 15 is 0 Å². The summed E-state index contributed by atoms with van der Waals surface area (Å²) >= 11 is 6.04. The molecule has 2 aliphatic rings. The van der Waals surface area contributed by atoms with Gasteiger partial charge in [0.1, 0.15) is 24.1 Å². The SMILES string of the molecule is CC(C)=C1OC(=O)N(c2cc(OC3CCCC3)c(Cl)cc2F)C1=O.COc1cc(OC)nc(NC(=O)NS(=O)(=O)c2ncccc2C(=O)N(C)C)n1.C[S+](C)C.O=C(Nc1nc(OC(F)F)cc(OC(F)F)n1)NS(=O)(=O)c1ccccc1C(=O)O.O=C(O)CNCP(=O)([O-])O. The van der Waals surface area contributed by atoms with E-state index in [0.29, 0.717) is 27.4 Å². The number of nitrogens with one attached hydrogen (secondary N) is 5. The van der Waals surface area contributed by atoms with Crippen LogP contribution in [0.4, 0.5) is 53.9 Å². The molecule has 1 saturated carbocycles. The Balaban J connectivity index is 0.000000342. The third-order valence-electron chi connectivity index (χ3n) is 10.8. The molecule has 1 atom stereocenters. The number of ether oxygens (including phenoxy) is 6. The number of cyclic esters (lactones) is 1. The highest BCUT2D eigenvalue weighted by molar-refractivity contribution is 7.94. The number of allylic oxidation sites excluding steroid dienone is 1. The molecule has 5 aromatic rings. The fourth-order valence-corrected chi connectivity index (χ4v) is 9.81. The van der Waals surface area contributed by atoms with Gasteiger partial charge >= 0.3 is 49.2 Å². The molecule has 1 aliphatic carbocycles. The Kier molecular flexibility index (Phi) is 31.3. The largest absolute Gasteiger partial charge is 0.778 e. The number of nitrogens with zero attached hydrogens (tertiary/aromatic N) is 7. The molecule has 0 radical (unpaired) electrons. The molecule has 0 spiro atoms. The Bertz CT molecular complexity index is 3880. The van der Waals surface area contributed by atoms with E-state index in [1.54, 1.807) is 23.9 Å². The first-order valence-corrected chi connectivity index (χ1v) is 34.0. The van der Waals surface area contributed by atoms with E-state index in [9.17, 15) is 81.8 Å². The van der Waals surface area contributed by atoms with E-state index in [1.807, 2.05) is 5.32 Å². The van der Waals surface area contributed by atoms with Crippen molar-refractivity contribution in [2.45, 2.75) is 68.8 Å². The van der Waals surface area contributed by atoms with E-state index in [1.165, 1.54) is 80.5 Å². The fraction of sp³-hybridized carbons (Fsp3) is 0.346. The molecule has 7 amide bonds. The lowest BCUT2D eigenvalue weighted by molar-refractivity contribution is -0.193. The summed E-state index contributed by atoms with van der Waals surface area (Å²) in [7, 11) is -7.27. The van der Waals surface area contributed by atoms with Gasteiger partial charge < -0.3 is 57.9 Å². The number of urea groups is 2. The number of aromatic nitrogens is 5. The van der Waals surface area contributed by atoms with Crippen molar-refractivity contribution in [1.82, 2.24) is 44.6 Å². The molecular weight excluding hydrogens is 1400 g/mol. The number of imide groups is 1. The van der Waals surface area contributed by atoms with Crippen LogP contribution in [0, 0.1) is 5.82 Å². The number of carbonyl (C=O) groups is 7. The van der Waals surface area contributed by atoms with Crippen molar-refractivity contribution in [2.24, 2.45) is 0 Å². The smallest absolute Gasteiger partial charge is 0.427 e. The second kappa shape index (κ2) is 37.1. The van der Waals surface area contributed by atoms with Crippen LogP contribution in [-0.4, -0.2) is 183 Å². The van der Waals surface area contributed by atoms with Gasteiger partial charge in [-0.25, -0.2) is 51.3 Å². The first kappa shape index (κ1) is 80.9. The van der Waals surface area contributed by atoms with Crippen LogP contribution < -0.4 is 58.9 Å². The number of anilines is 3. The quantitative estimate of drug-likeness (QED) is 0.0202. The third kappa shape index (κ3) is 26.8. The number of methoxy groups -OCH3 is 2. The summed E-state index contributed by atoms with van der Waals surface area (Å²) in [6.07, 6.45) is 10.1. The molecule has 8 N–H and O–H groups in total. The molecule has 2 fully saturated rings. The minimum atomic E-state index is -4.71. The number of amides is 7. The Labute approximate surface area is 550 Å². The maximum absolute atomic E-state index is 14.3. The molecule has 1 unspecified atom stereocenters. The number of halogens is 6. The van der Waals surface area contributed by atoms with Gasteiger partial charge in [-0.05, 0) is 86.3 Å². The maximum Gasteiger partial charge on any atom is 0.427 e. The molecule has 0 bridgehead atoms. The molecular formula is C52H61ClF5N12O22PS3. The summed E-state index contributed by atoms with van der Waals surface area (Å²) in [5.74, 6) is -7.62. The number of carbonyl (C=O) groups excluding carboxylic acids is 5. The van der Waals surface area contributed by atoms with Gasteiger partial charge in [0, 0.05) is 26.4 Å². The Morgan fingerprint density at radius 3 is 1.75 bits per heavy atom. The van der Waals surface area contributed by atoms with Gasteiger partial charge in [0.2, 0.25) is 35.4 Å². The van der Waals surface area contributed by atoms with Crippen LogP contribution in [0.25, 0.3) is 0 Å². The number of hydrogen-bond acceptors (Lipinski definition) is 25. The third-order valence-corrected chi connectivity index (χ3v) is 14.4. The number of carboxylic acids is 2. The summed E-state index contributed by atoms with van der Waals surface area (Å²) in [6, 6.07) is 8.45. The lowest BCUT2D eigenvalue weighted by Crippen LogP contribution is -2.36. The minimum absolute atomic E-state index is 0.00962. The standard InChI is InChI=1S/C17H17ClFNO4.C15H18N6O6S.C14H10F4N4O7S.C3H8NO5P.C3H9S/c1-9(2)15-16(21)20(17(22)24-15)13-8-14(11(18)7-12(13)19)23-10-5-3-4-6-10;1-21(2)13(22)9-6-5-7-16-12(9)28(24,25)20-15(23)19-14-17-10(26-3)8-11(18-14)27-4;15-11(16)28-8-5-9(29-12(17)18)20-13(19-8)21-14(25)22-30(26,27)7-4-2-1-3-6(7)10(23)24;5-3(6)1-4-2-10(7,8)9;1-4(2)3/h7-8,10H,3-6H2,1-2H3;5-8H,1-4H3,(H2,17,18,19,20,23);1-5,11-12H,(H,23,24)(H2,19,20,21,22,25);4H,1-2H2,(H,5,6)(H2,7,8,9);1-3H3/q;;;;+1/p-1. The number of pyridine rings is 1. The summed E-state index contributed by atoms with van der Waals surface area (Å²) in [5.41, 5.74) is -0.521. The van der Waals surface area contributed by atoms with Gasteiger partial charge in [-0.3, -0.25) is 30.3 Å². The lowest BCUT2D eigenvalue weighted by Gasteiger charge is -2.18. The molecule has 3 aromatic heterocycles. The lowest BCUT2D eigenvalue weighted by atomic mass is 10.2. The Morgan fingerprint density at radius 1 is 0.802 bits per heavy atom. The van der Waals surface area contributed by atoms with Crippen LogP contribution in [0.15, 0.2) is 88.1 Å².